The Morgan fingerprint density at radius 1 is 1.37 bits per heavy atom. The highest BCUT2D eigenvalue weighted by Gasteiger charge is 2.23. The van der Waals surface area contributed by atoms with E-state index in [1.165, 1.54) is 0 Å². The standard InChI is InChI=1S/C9H17NO2.C5H6N2/c1-9(2,3)12-8(11)10-6-4-5-7-10;6-5-2-1-3-7-4-5/h4-7H2,1-3H3;1-4H,6H2. The predicted octanol–water partition coefficient (Wildman–Crippen LogP) is 2.68. The van der Waals surface area contributed by atoms with Crippen molar-refractivity contribution in [3.05, 3.63) is 24.5 Å². The zero-order valence-corrected chi connectivity index (χ0v) is 11.9. The highest BCUT2D eigenvalue weighted by molar-refractivity contribution is 5.68. The fourth-order valence-corrected chi connectivity index (χ4v) is 1.60. The first-order valence-corrected chi connectivity index (χ1v) is 6.52. The van der Waals surface area contributed by atoms with Gasteiger partial charge in [-0.25, -0.2) is 4.79 Å². The lowest BCUT2D eigenvalue weighted by Gasteiger charge is -2.23. The van der Waals surface area contributed by atoms with Gasteiger partial charge in [0, 0.05) is 25.5 Å². The molecule has 5 heteroatoms. The number of aromatic nitrogens is 1. The van der Waals surface area contributed by atoms with E-state index in [0.29, 0.717) is 5.69 Å². The number of nitrogen functional groups attached to an aromatic ring is 1. The Morgan fingerprint density at radius 2 is 2.00 bits per heavy atom. The van der Waals surface area contributed by atoms with Gasteiger partial charge in [-0.05, 0) is 45.7 Å². The van der Waals surface area contributed by atoms with E-state index in [-0.39, 0.29) is 11.7 Å². The third-order valence-corrected chi connectivity index (χ3v) is 2.44. The molecule has 106 valence electrons. The van der Waals surface area contributed by atoms with E-state index in [2.05, 4.69) is 4.98 Å². The van der Waals surface area contributed by atoms with E-state index in [4.69, 9.17) is 10.5 Å². The zero-order valence-electron chi connectivity index (χ0n) is 11.9. The van der Waals surface area contributed by atoms with Crippen molar-refractivity contribution in [1.82, 2.24) is 9.88 Å². The summed E-state index contributed by atoms with van der Waals surface area (Å²) in [5, 5.41) is 0. The van der Waals surface area contributed by atoms with Gasteiger partial charge in [0.05, 0.1) is 5.69 Å². The molecule has 0 bridgehead atoms. The van der Waals surface area contributed by atoms with Gasteiger partial charge in [-0.3, -0.25) is 4.98 Å². The lowest BCUT2D eigenvalue weighted by molar-refractivity contribution is 0.0295. The first-order chi connectivity index (χ1) is 8.88. The van der Waals surface area contributed by atoms with Gasteiger partial charge in [0.1, 0.15) is 5.60 Å². The largest absolute Gasteiger partial charge is 0.444 e. The molecule has 1 aromatic rings. The van der Waals surface area contributed by atoms with Crippen LogP contribution in [0.1, 0.15) is 33.6 Å². The number of nitrogens with zero attached hydrogens (tertiary/aromatic N) is 2. The Balaban J connectivity index is 0.000000218. The van der Waals surface area contributed by atoms with E-state index in [1.54, 1.807) is 29.4 Å². The molecule has 1 aromatic heterocycles. The molecule has 1 amide bonds. The Labute approximate surface area is 114 Å². The summed E-state index contributed by atoms with van der Waals surface area (Å²) >= 11 is 0. The quantitative estimate of drug-likeness (QED) is 0.783. The Hall–Kier alpha value is -1.78. The van der Waals surface area contributed by atoms with Crippen LogP contribution in [0.4, 0.5) is 10.5 Å². The molecule has 0 aliphatic carbocycles. The number of anilines is 1. The number of nitrogens with two attached hydrogens (primary N) is 1. The minimum absolute atomic E-state index is 0.167. The van der Waals surface area contributed by atoms with E-state index in [0.717, 1.165) is 25.9 Å². The van der Waals surface area contributed by atoms with E-state index in [9.17, 15) is 4.79 Å². The molecule has 2 N–H and O–H groups in total. The number of amides is 1. The highest BCUT2D eigenvalue weighted by atomic mass is 16.6. The third-order valence-electron chi connectivity index (χ3n) is 2.44. The van der Waals surface area contributed by atoms with Gasteiger partial charge in [-0.2, -0.15) is 0 Å². The second-order valence-corrected chi connectivity index (χ2v) is 5.46. The lowest BCUT2D eigenvalue weighted by Crippen LogP contribution is -2.34. The van der Waals surface area contributed by atoms with Crippen LogP contribution >= 0.6 is 0 Å². The first-order valence-electron chi connectivity index (χ1n) is 6.52. The normalized spacial score (nSPS) is 14.6. The van der Waals surface area contributed by atoms with Crippen molar-refractivity contribution in [2.24, 2.45) is 0 Å². The summed E-state index contributed by atoms with van der Waals surface area (Å²) in [4.78, 5) is 16.9. The zero-order chi connectivity index (χ0) is 14.3. The van der Waals surface area contributed by atoms with Gasteiger partial charge in [0.2, 0.25) is 0 Å². The van der Waals surface area contributed by atoms with Crippen molar-refractivity contribution < 1.29 is 9.53 Å². The predicted molar refractivity (Wildman–Crippen MR) is 75.7 cm³/mol. The highest BCUT2D eigenvalue weighted by Crippen LogP contribution is 2.14. The van der Waals surface area contributed by atoms with Crippen LogP contribution < -0.4 is 5.73 Å². The second-order valence-electron chi connectivity index (χ2n) is 5.46. The van der Waals surface area contributed by atoms with Crippen LogP contribution in [0, 0.1) is 0 Å². The summed E-state index contributed by atoms with van der Waals surface area (Å²) in [6.07, 6.45) is 5.36. The topological polar surface area (TPSA) is 68.5 Å². The second kappa shape index (κ2) is 6.97. The molecule has 0 aromatic carbocycles. The van der Waals surface area contributed by atoms with Gasteiger partial charge in [-0.1, -0.05) is 0 Å². The number of likely N-dealkylation sites (tertiary alicyclic amines) is 1. The molecule has 0 saturated carbocycles. The Bertz CT molecular complexity index is 381. The summed E-state index contributed by atoms with van der Waals surface area (Å²) in [6, 6.07) is 3.60. The lowest BCUT2D eigenvalue weighted by atomic mass is 10.2. The van der Waals surface area contributed by atoms with Crippen molar-refractivity contribution in [3.63, 3.8) is 0 Å². The smallest absolute Gasteiger partial charge is 0.410 e. The number of rotatable bonds is 0. The SMILES string of the molecule is CC(C)(C)OC(=O)N1CCCC1.Nc1cccnc1. The van der Waals surface area contributed by atoms with E-state index < -0.39 is 0 Å². The molecule has 0 atom stereocenters. The molecular formula is C14H23N3O2. The number of ether oxygens (including phenoxy) is 1. The molecule has 0 spiro atoms. The molecule has 19 heavy (non-hydrogen) atoms. The monoisotopic (exact) mass is 265 g/mol. The van der Waals surface area contributed by atoms with Crippen molar-refractivity contribution in [1.29, 1.82) is 0 Å². The average Bonchev–Trinajstić information content (AvgIpc) is 2.82. The third kappa shape index (κ3) is 6.64. The summed E-state index contributed by atoms with van der Waals surface area (Å²) in [5.74, 6) is 0. The maximum atomic E-state index is 11.4. The van der Waals surface area contributed by atoms with Crippen molar-refractivity contribution in [2.75, 3.05) is 18.8 Å². The fraction of sp³-hybridized carbons (Fsp3) is 0.571. The summed E-state index contributed by atoms with van der Waals surface area (Å²) < 4.78 is 5.21. The van der Waals surface area contributed by atoms with Crippen LogP contribution in [-0.2, 0) is 4.74 Å². The molecular weight excluding hydrogens is 242 g/mol. The van der Waals surface area contributed by atoms with Crippen LogP contribution in [0.3, 0.4) is 0 Å². The number of hydrogen-bond donors (Lipinski definition) is 1. The minimum atomic E-state index is -0.361. The molecule has 0 radical (unpaired) electrons. The number of hydrogen-bond acceptors (Lipinski definition) is 4. The van der Waals surface area contributed by atoms with Gasteiger partial charge in [0.15, 0.2) is 0 Å². The van der Waals surface area contributed by atoms with Gasteiger partial charge < -0.3 is 15.4 Å². The van der Waals surface area contributed by atoms with Crippen LogP contribution in [0.15, 0.2) is 24.5 Å². The van der Waals surface area contributed by atoms with E-state index >= 15 is 0 Å². The van der Waals surface area contributed by atoms with Gasteiger partial charge >= 0.3 is 6.09 Å². The molecule has 1 aliphatic rings. The Kier molecular flexibility index (Phi) is 5.60. The summed E-state index contributed by atoms with van der Waals surface area (Å²) in [7, 11) is 0. The Morgan fingerprint density at radius 3 is 2.37 bits per heavy atom. The molecule has 1 fully saturated rings. The molecule has 5 nitrogen and oxygen atoms in total. The minimum Gasteiger partial charge on any atom is -0.444 e. The molecule has 2 heterocycles. The molecule has 0 unspecified atom stereocenters. The van der Waals surface area contributed by atoms with Crippen LogP contribution in [-0.4, -0.2) is 34.7 Å². The number of pyridine rings is 1. The maximum absolute atomic E-state index is 11.4. The summed E-state index contributed by atoms with van der Waals surface area (Å²) in [5.41, 5.74) is 5.64. The fourth-order valence-electron chi connectivity index (χ4n) is 1.60. The van der Waals surface area contributed by atoms with Crippen molar-refractivity contribution in [3.8, 4) is 0 Å². The molecule has 2 rings (SSSR count). The maximum Gasteiger partial charge on any atom is 0.410 e. The van der Waals surface area contributed by atoms with Gasteiger partial charge in [0.25, 0.3) is 0 Å². The van der Waals surface area contributed by atoms with Crippen molar-refractivity contribution >= 4 is 11.8 Å². The van der Waals surface area contributed by atoms with Crippen LogP contribution in [0.2, 0.25) is 0 Å². The molecule has 1 aliphatic heterocycles. The number of carbonyl (C=O) groups is 1. The molecule has 1 saturated heterocycles. The number of carbonyl (C=O) groups excluding carboxylic acids is 1. The van der Waals surface area contributed by atoms with E-state index in [1.807, 2.05) is 20.8 Å². The average molecular weight is 265 g/mol. The van der Waals surface area contributed by atoms with Crippen LogP contribution in [0.25, 0.3) is 0 Å². The summed E-state index contributed by atoms with van der Waals surface area (Å²) in [6.45, 7) is 7.38. The van der Waals surface area contributed by atoms with Crippen molar-refractivity contribution in [2.45, 2.75) is 39.2 Å². The first kappa shape index (κ1) is 15.3. The van der Waals surface area contributed by atoms with Crippen LogP contribution in [0.5, 0.6) is 0 Å². The van der Waals surface area contributed by atoms with Gasteiger partial charge in [-0.15, -0.1) is 0 Å².